The van der Waals surface area contributed by atoms with E-state index in [0.29, 0.717) is 0 Å². The molecule has 0 fully saturated rings. The fourth-order valence-corrected chi connectivity index (χ4v) is 2.29. The maximum Gasteiger partial charge on any atom is 0.327 e. The Morgan fingerprint density at radius 2 is 1.20 bits per heavy atom. The van der Waals surface area contributed by atoms with Gasteiger partial charge in [-0.25, -0.2) is 4.79 Å². The monoisotopic (exact) mass is 284 g/mol. The molecule has 0 rings (SSSR count). The van der Waals surface area contributed by atoms with Gasteiger partial charge in [-0.1, -0.05) is 91.1 Å². The molecule has 0 atom stereocenters. The number of carboxylic acids is 1. The van der Waals surface area contributed by atoms with Crippen LogP contribution in [0, 0.1) is 0 Å². The molecule has 0 bridgehead atoms. The van der Waals surface area contributed by atoms with Gasteiger partial charge in [0.05, 0.1) is 0 Å². The van der Waals surface area contributed by atoms with Crippen molar-refractivity contribution in [2.75, 3.05) is 0 Å². The molecular formula is C18H36O2. The lowest BCUT2D eigenvalue weighted by Crippen LogP contribution is -1.86. The predicted octanol–water partition coefficient (Wildman–Crippen LogP) is 6.35. The minimum atomic E-state index is -0.834. The zero-order valence-electron chi connectivity index (χ0n) is 12.7. The minimum absolute atomic E-state index is 0. The maximum absolute atomic E-state index is 10.2. The third kappa shape index (κ3) is 19.5. The van der Waals surface area contributed by atoms with Crippen LogP contribution in [0.2, 0.25) is 0 Å². The molecule has 0 aromatic rings. The summed E-state index contributed by atoms with van der Waals surface area (Å²) in [6, 6.07) is 0. The Hall–Kier alpha value is -0.790. The minimum Gasteiger partial charge on any atom is -0.478 e. The van der Waals surface area contributed by atoms with Crippen molar-refractivity contribution in [2.24, 2.45) is 0 Å². The number of unbranched alkanes of at least 4 members (excludes halogenated alkanes) is 12. The summed E-state index contributed by atoms with van der Waals surface area (Å²) in [5.41, 5.74) is 0. The zero-order valence-corrected chi connectivity index (χ0v) is 12.7. The van der Waals surface area contributed by atoms with E-state index in [2.05, 4.69) is 6.92 Å². The van der Waals surface area contributed by atoms with Gasteiger partial charge in [-0.15, -0.1) is 0 Å². The normalized spacial score (nSPS) is 10.7. The van der Waals surface area contributed by atoms with Crippen molar-refractivity contribution in [3.63, 3.8) is 0 Å². The predicted molar refractivity (Wildman–Crippen MR) is 89.2 cm³/mol. The van der Waals surface area contributed by atoms with E-state index in [9.17, 15) is 4.79 Å². The lowest BCUT2D eigenvalue weighted by atomic mass is 10.0. The van der Waals surface area contributed by atoms with Crippen LogP contribution in [0.4, 0.5) is 0 Å². The van der Waals surface area contributed by atoms with Crippen LogP contribution in [0.5, 0.6) is 0 Å². The second kappa shape index (κ2) is 18.2. The summed E-state index contributed by atoms with van der Waals surface area (Å²) in [6.07, 6.45) is 20.1. The SMILES string of the molecule is C.CCCCCCCCCCCCCCC=CC(=O)O. The van der Waals surface area contributed by atoms with Crippen molar-refractivity contribution < 1.29 is 9.90 Å². The highest BCUT2D eigenvalue weighted by Crippen LogP contribution is 2.12. The van der Waals surface area contributed by atoms with Crippen molar-refractivity contribution in [3.8, 4) is 0 Å². The molecule has 0 aromatic carbocycles. The molecule has 0 unspecified atom stereocenters. The molecule has 0 radical (unpaired) electrons. The van der Waals surface area contributed by atoms with Crippen molar-refractivity contribution in [3.05, 3.63) is 12.2 Å². The summed E-state index contributed by atoms with van der Waals surface area (Å²) >= 11 is 0. The molecule has 20 heavy (non-hydrogen) atoms. The molecule has 2 heteroatoms. The van der Waals surface area contributed by atoms with Crippen LogP contribution in [0.15, 0.2) is 12.2 Å². The van der Waals surface area contributed by atoms with Crippen LogP contribution < -0.4 is 0 Å². The topological polar surface area (TPSA) is 37.3 Å². The van der Waals surface area contributed by atoms with Gasteiger partial charge in [-0.05, 0) is 12.8 Å². The summed E-state index contributed by atoms with van der Waals surface area (Å²) in [7, 11) is 0. The Morgan fingerprint density at radius 1 is 0.800 bits per heavy atom. The molecular weight excluding hydrogens is 248 g/mol. The third-order valence-electron chi connectivity index (χ3n) is 3.48. The fraction of sp³-hybridized carbons (Fsp3) is 0.833. The van der Waals surface area contributed by atoms with Gasteiger partial charge < -0.3 is 5.11 Å². The van der Waals surface area contributed by atoms with Gasteiger partial charge in [0.2, 0.25) is 0 Å². The molecule has 0 amide bonds. The van der Waals surface area contributed by atoms with E-state index in [1.54, 1.807) is 6.08 Å². The first-order chi connectivity index (χ1) is 9.27. The lowest BCUT2D eigenvalue weighted by Gasteiger charge is -2.02. The van der Waals surface area contributed by atoms with Gasteiger partial charge in [0.1, 0.15) is 0 Å². The number of allylic oxidation sites excluding steroid dienone is 1. The quantitative estimate of drug-likeness (QED) is 0.298. The molecule has 2 nitrogen and oxygen atoms in total. The van der Waals surface area contributed by atoms with Crippen LogP contribution in [0.1, 0.15) is 97.8 Å². The Morgan fingerprint density at radius 3 is 1.60 bits per heavy atom. The average Bonchev–Trinajstić information content (AvgIpc) is 2.39. The molecule has 0 aliphatic heterocycles. The second-order valence-corrected chi connectivity index (χ2v) is 5.42. The van der Waals surface area contributed by atoms with Gasteiger partial charge in [-0.2, -0.15) is 0 Å². The van der Waals surface area contributed by atoms with E-state index in [1.165, 1.54) is 76.7 Å². The largest absolute Gasteiger partial charge is 0.478 e. The van der Waals surface area contributed by atoms with Crippen LogP contribution in [-0.2, 0) is 4.79 Å². The fourth-order valence-electron chi connectivity index (χ4n) is 2.29. The van der Waals surface area contributed by atoms with Crippen LogP contribution in [0.25, 0.3) is 0 Å². The summed E-state index contributed by atoms with van der Waals surface area (Å²) < 4.78 is 0. The van der Waals surface area contributed by atoms with Gasteiger partial charge in [0, 0.05) is 6.08 Å². The van der Waals surface area contributed by atoms with E-state index < -0.39 is 5.97 Å². The van der Waals surface area contributed by atoms with Crippen molar-refractivity contribution in [1.82, 2.24) is 0 Å². The van der Waals surface area contributed by atoms with E-state index >= 15 is 0 Å². The molecule has 0 aromatic heterocycles. The zero-order chi connectivity index (χ0) is 14.2. The number of rotatable bonds is 14. The van der Waals surface area contributed by atoms with Crippen molar-refractivity contribution >= 4 is 5.97 Å². The van der Waals surface area contributed by atoms with Crippen molar-refractivity contribution in [2.45, 2.75) is 97.8 Å². The summed E-state index contributed by atoms with van der Waals surface area (Å²) in [6.45, 7) is 2.26. The third-order valence-corrected chi connectivity index (χ3v) is 3.48. The van der Waals surface area contributed by atoms with Crippen molar-refractivity contribution in [1.29, 1.82) is 0 Å². The first-order valence-corrected chi connectivity index (χ1v) is 8.17. The highest BCUT2D eigenvalue weighted by molar-refractivity contribution is 5.79. The molecule has 0 aliphatic rings. The number of hydrogen-bond acceptors (Lipinski definition) is 1. The first-order valence-electron chi connectivity index (χ1n) is 8.17. The Balaban J connectivity index is 0. The van der Waals surface area contributed by atoms with E-state index in [1.807, 2.05) is 0 Å². The maximum atomic E-state index is 10.2. The van der Waals surface area contributed by atoms with Gasteiger partial charge >= 0.3 is 5.97 Å². The molecule has 0 saturated carbocycles. The van der Waals surface area contributed by atoms with E-state index in [0.717, 1.165) is 12.8 Å². The second-order valence-electron chi connectivity index (χ2n) is 5.42. The highest BCUT2D eigenvalue weighted by Gasteiger charge is 1.93. The summed E-state index contributed by atoms with van der Waals surface area (Å²) in [5.74, 6) is -0.834. The number of carbonyl (C=O) groups is 1. The Kier molecular flexibility index (Phi) is 19.6. The Labute approximate surface area is 126 Å². The summed E-state index contributed by atoms with van der Waals surface area (Å²) in [5, 5.41) is 8.42. The smallest absolute Gasteiger partial charge is 0.327 e. The van der Waals surface area contributed by atoms with Crippen LogP contribution in [0.3, 0.4) is 0 Å². The number of aliphatic carboxylic acids is 1. The van der Waals surface area contributed by atoms with Gasteiger partial charge in [-0.3, -0.25) is 0 Å². The van der Waals surface area contributed by atoms with E-state index in [4.69, 9.17) is 5.11 Å². The molecule has 0 heterocycles. The van der Waals surface area contributed by atoms with Crippen LogP contribution >= 0.6 is 0 Å². The van der Waals surface area contributed by atoms with Crippen LogP contribution in [-0.4, -0.2) is 11.1 Å². The first kappa shape index (κ1) is 21.5. The number of carboxylic acid groups (broad SMARTS) is 1. The molecule has 0 aliphatic carbocycles. The standard InChI is InChI=1S/C17H32O2.CH4/c1-2-3-4-5-6-7-8-9-10-11-12-13-14-15-16-17(18)19;/h15-16H,2-14H2,1H3,(H,18,19);1H4. The molecule has 120 valence electrons. The van der Waals surface area contributed by atoms with Gasteiger partial charge in [0.15, 0.2) is 0 Å². The number of hydrogen-bond donors (Lipinski definition) is 1. The molecule has 0 spiro atoms. The highest BCUT2D eigenvalue weighted by atomic mass is 16.4. The average molecular weight is 284 g/mol. The Bertz CT molecular complexity index is 221. The lowest BCUT2D eigenvalue weighted by molar-refractivity contribution is -0.131. The molecule has 0 saturated heterocycles. The molecule has 1 N–H and O–H groups in total. The summed E-state index contributed by atoms with van der Waals surface area (Å²) in [4.78, 5) is 10.2. The van der Waals surface area contributed by atoms with E-state index in [-0.39, 0.29) is 7.43 Å². The van der Waals surface area contributed by atoms with Gasteiger partial charge in [0.25, 0.3) is 0 Å².